The summed E-state index contributed by atoms with van der Waals surface area (Å²) in [5.74, 6) is 0.330. The number of hydrogen-bond donors (Lipinski definition) is 1. The van der Waals surface area contributed by atoms with E-state index in [1.54, 1.807) is 6.92 Å². The lowest BCUT2D eigenvalue weighted by molar-refractivity contribution is -0.160. The first kappa shape index (κ1) is 27.6. The van der Waals surface area contributed by atoms with Crippen LogP contribution in [0.2, 0.25) is 5.02 Å². The van der Waals surface area contributed by atoms with Gasteiger partial charge in [0.1, 0.15) is 18.8 Å². The van der Waals surface area contributed by atoms with Crippen molar-refractivity contribution in [2.24, 2.45) is 10.7 Å². The third kappa shape index (κ3) is 7.54. The van der Waals surface area contributed by atoms with Crippen molar-refractivity contribution in [1.82, 2.24) is 4.90 Å². The zero-order valence-corrected chi connectivity index (χ0v) is 22.7. The Balaban J connectivity index is 1.44. The molecule has 8 heteroatoms. The van der Waals surface area contributed by atoms with E-state index in [-0.39, 0.29) is 17.7 Å². The van der Waals surface area contributed by atoms with E-state index < -0.39 is 18.1 Å². The Labute approximate surface area is 224 Å². The van der Waals surface area contributed by atoms with Crippen LogP contribution in [0.15, 0.2) is 59.6 Å². The second kappa shape index (κ2) is 12.4. The minimum Gasteiger partial charge on any atom is -0.477 e. The zero-order chi connectivity index (χ0) is 26.4. The fourth-order valence-corrected chi connectivity index (χ4v) is 5.12. The van der Waals surface area contributed by atoms with Gasteiger partial charge in [-0.2, -0.15) is 0 Å². The summed E-state index contributed by atoms with van der Waals surface area (Å²) in [5.41, 5.74) is 7.67. The molecule has 0 amide bonds. The highest BCUT2D eigenvalue weighted by Crippen LogP contribution is 2.30. The van der Waals surface area contributed by atoms with Gasteiger partial charge in [-0.15, -0.1) is 0 Å². The van der Waals surface area contributed by atoms with Gasteiger partial charge in [0.15, 0.2) is 0 Å². The Morgan fingerprint density at radius 2 is 1.97 bits per heavy atom. The van der Waals surface area contributed by atoms with E-state index in [1.165, 1.54) is 0 Å². The van der Waals surface area contributed by atoms with Gasteiger partial charge in [0.25, 0.3) is 0 Å². The summed E-state index contributed by atoms with van der Waals surface area (Å²) in [4.78, 5) is 19.8. The summed E-state index contributed by atoms with van der Waals surface area (Å²) in [6.07, 6.45) is 1.93. The molecule has 2 heterocycles. The van der Waals surface area contributed by atoms with Gasteiger partial charge >= 0.3 is 5.97 Å². The molecule has 4 unspecified atom stereocenters. The van der Waals surface area contributed by atoms with Gasteiger partial charge in [-0.3, -0.25) is 9.69 Å². The molecule has 1 saturated heterocycles. The highest BCUT2D eigenvalue weighted by atomic mass is 35.5. The van der Waals surface area contributed by atoms with E-state index in [0.717, 1.165) is 47.9 Å². The average Bonchev–Trinajstić information content (AvgIpc) is 3.48. The van der Waals surface area contributed by atoms with Crippen molar-refractivity contribution in [2.75, 3.05) is 19.7 Å². The van der Waals surface area contributed by atoms with E-state index in [0.29, 0.717) is 19.8 Å². The van der Waals surface area contributed by atoms with Crippen molar-refractivity contribution in [3.8, 4) is 0 Å². The molecule has 7 nitrogen and oxygen atoms in total. The maximum Gasteiger partial charge on any atom is 0.323 e. The number of hydrogen-bond acceptors (Lipinski definition) is 7. The monoisotopic (exact) mass is 527 g/mol. The molecular weight excluding hydrogens is 490 g/mol. The number of carbonyl (C=O) groups excluding carboxylic acids is 1. The molecule has 0 aliphatic carbocycles. The third-order valence-corrected chi connectivity index (χ3v) is 7.20. The van der Waals surface area contributed by atoms with Crippen LogP contribution in [-0.2, 0) is 32.0 Å². The molecule has 2 aromatic carbocycles. The van der Waals surface area contributed by atoms with Gasteiger partial charge in [0.05, 0.1) is 24.3 Å². The van der Waals surface area contributed by atoms with Gasteiger partial charge < -0.3 is 19.9 Å². The highest BCUT2D eigenvalue weighted by Gasteiger charge is 2.40. The number of benzene rings is 2. The van der Waals surface area contributed by atoms with Crippen LogP contribution in [0.3, 0.4) is 0 Å². The van der Waals surface area contributed by atoms with Crippen molar-refractivity contribution in [2.45, 2.75) is 76.5 Å². The summed E-state index contributed by atoms with van der Waals surface area (Å²) in [7, 11) is 0. The first-order valence-corrected chi connectivity index (χ1v) is 13.4. The molecule has 0 spiro atoms. The topological polar surface area (TPSA) is 86.4 Å². The molecule has 200 valence electrons. The fraction of sp³-hybridized carbons (Fsp3) is 0.517. The number of halogens is 1. The number of nitrogens with zero attached hydrogens (tertiary/aromatic N) is 2. The summed E-state index contributed by atoms with van der Waals surface area (Å²) in [5, 5.41) is 0.724. The molecule has 37 heavy (non-hydrogen) atoms. The zero-order valence-electron chi connectivity index (χ0n) is 21.9. The van der Waals surface area contributed by atoms with Crippen LogP contribution in [0.4, 0.5) is 0 Å². The normalized spacial score (nSPS) is 24.2. The number of likely N-dealkylation sites (tertiary alicyclic amines) is 1. The first-order valence-electron chi connectivity index (χ1n) is 13.0. The Kier molecular flexibility index (Phi) is 9.24. The Bertz CT molecular complexity index is 1080. The molecule has 0 saturated carbocycles. The van der Waals surface area contributed by atoms with Gasteiger partial charge in [0.2, 0.25) is 5.90 Å². The van der Waals surface area contributed by atoms with Crippen LogP contribution in [-0.4, -0.2) is 66.3 Å². The van der Waals surface area contributed by atoms with Gasteiger partial charge in [-0.1, -0.05) is 54.1 Å². The summed E-state index contributed by atoms with van der Waals surface area (Å²) in [6.45, 7) is 8.05. The third-order valence-electron chi connectivity index (χ3n) is 6.97. The fourth-order valence-electron chi connectivity index (χ4n) is 4.91. The lowest BCUT2D eigenvalue weighted by atomic mass is 9.95. The summed E-state index contributed by atoms with van der Waals surface area (Å²) in [6, 6.07) is 17.2. The molecule has 0 bridgehead atoms. The lowest BCUT2D eigenvalue weighted by Gasteiger charge is -2.31. The van der Waals surface area contributed by atoms with Crippen LogP contribution in [0.5, 0.6) is 0 Å². The smallest absolute Gasteiger partial charge is 0.323 e. The Morgan fingerprint density at radius 3 is 2.70 bits per heavy atom. The second-order valence-corrected chi connectivity index (χ2v) is 10.9. The highest BCUT2D eigenvalue weighted by molar-refractivity contribution is 6.30. The number of nitrogens with two attached hydrogens (primary N) is 1. The van der Waals surface area contributed by atoms with Crippen LogP contribution in [0.25, 0.3) is 0 Å². The number of carbonyl (C=O) groups is 1. The molecule has 2 aliphatic rings. The van der Waals surface area contributed by atoms with E-state index in [9.17, 15) is 4.79 Å². The van der Waals surface area contributed by atoms with Crippen molar-refractivity contribution in [3.63, 3.8) is 0 Å². The number of esters is 1. The van der Waals surface area contributed by atoms with Crippen molar-refractivity contribution in [1.29, 1.82) is 0 Å². The SMILES string of the molecule is CC(N)C(=O)OC(CN1CCCC1C1=N[C@](C)(Cc2cccc(Cl)c2)CO1)C(C)OCc1ccccc1. The second-order valence-electron chi connectivity index (χ2n) is 10.5. The van der Waals surface area contributed by atoms with Crippen molar-refractivity contribution >= 4 is 23.5 Å². The summed E-state index contributed by atoms with van der Waals surface area (Å²) < 4.78 is 18.1. The Hall–Kier alpha value is -2.45. The van der Waals surface area contributed by atoms with E-state index in [1.807, 2.05) is 55.5 Å². The lowest BCUT2D eigenvalue weighted by Crippen LogP contribution is -2.47. The van der Waals surface area contributed by atoms with Crippen LogP contribution in [0, 0.1) is 0 Å². The van der Waals surface area contributed by atoms with Crippen molar-refractivity contribution < 1.29 is 19.0 Å². The molecule has 0 radical (unpaired) electrons. The van der Waals surface area contributed by atoms with Gasteiger partial charge in [-0.25, -0.2) is 4.99 Å². The van der Waals surface area contributed by atoms with E-state index >= 15 is 0 Å². The summed E-state index contributed by atoms with van der Waals surface area (Å²) >= 11 is 6.19. The molecule has 4 rings (SSSR count). The minimum absolute atomic E-state index is 0.0408. The molecular formula is C29H38ClN3O4. The number of ether oxygens (including phenoxy) is 3. The predicted molar refractivity (Wildman–Crippen MR) is 146 cm³/mol. The molecule has 5 atom stereocenters. The van der Waals surface area contributed by atoms with Crippen molar-refractivity contribution in [3.05, 3.63) is 70.7 Å². The van der Waals surface area contributed by atoms with E-state index in [2.05, 4.69) is 17.9 Å². The maximum absolute atomic E-state index is 12.4. The number of aliphatic imine (C=N–C) groups is 1. The minimum atomic E-state index is -0.701. The van der Waals surface area contributed by atoms with Crippen LogP contribution < -0.4 is 5.73 Å². The van der Waals surface area contributed by atoms with Gasteiger partial charge in [0, 0.05) is 18.0 Å². The molecule has 0 aromatic heterocycles. The van der Waals surface area contributed by atoms with E-state index in [4.69, 9.17) is 36.5 Å². The average molecular weight is 528 g/mol. The van der Waals surface area contributed by atoms with Crippen LogP contribution in [0.1, 0.15) is 44.7 Å². The standard InChI is InChI=1S/C29H38ClN3O4/c1-20(31)28(34)37-26(21(2)35-18-22-9-5-4-6-10-22)17-33-14-8-13-25(33)27-32-29(3,19-36-27)16-23-11-7-12-24(30)15-23/h4-7,9-12,15,20-21,25-26H,8,13-14,16-19,31H2,1-3H3/t20?,21?,25?,26?,29-/m1/s1. The Morgan fingerprint density at radius 1 is 1.22 bits per heavy atom. The largest absolute Gasteiger partial charge is 0.477 e. The molecule has 1 fully saturated rings. The molecule has 2 aliphatic heterocycles. The number of rotatable bonds is 11. The maximum atomic E-state index is 12.4. The molecule has 2 aromatic rings. The van der Waals surface area contributed by atoms with Gasteiger partial charge in [-0.05, 0) is 63.4 Å². The first-order chi connectivity index (χ1) is 17.7. The van der Waals surface area contributed by atoms with Crippen LogP contribution >= 0.6 is 11.6 Å². The molecule has 2 N–H and O–H groups in total. The predicted octanol–water partition coefficient (Wildman–Crippen LogP) is 4.40. The quantitative estimate of drug-likeness (QED) is 0.436.